The van der Waals surface area contributed by atoms with E-state index in [2.05, 4.69) is 29.6 Å². The number of hydrogen-bond donors (Lipinski definition) is 2. The van der Waals surface area contributed by atoms with Crippen LogP contribution in [0.1, 0.15) is 75.3 Å². The van der Waals surface area contributed by atoms with Crippen molar-refractivity contribution < 1.29 is 4.79 Å². The molecule has 2 saturated carbocycles. The zero-order valence-electron chi connectivity index (χ0n) is 14.3. The first-order chi connectivity index (χ1) is 11.1. The summed E-state index contributed by atoms with van der Waals surface area (Å²) in [7, 11) is 0. The van der Waals surface area contributed by atoms with E-state index in [-0.39, 0.29) is 17.4 Å². The molecule has 0 bridgehead atoms. The molecule has 2 aliphatic carbocycles. The largest absolute Gasteiger partial charge is 0.353 e. The first kappa shape index (κ1) is 16.5. The summed E-state index contributed by atoms with van der Waals surface area (Å²) in [5.74, 6) is 0.0854. The molecule has 0 spiro atoms. The minimum Gasteiger partial charge on any atom is -0.353 e. The van der Waals surface area contributed by atoms with Crippen molar-refractivity contribution in [3.05, 3.63) is 35.4 Å². The predicted octanol–water partition coefficient (Wildman–Crippen LogP) is 3.66. The van der Waals surface area contributed by atoms with Crippen LogP contribution in [0.5, 0.6) is 0 Å². The number of carbonyl (C=O) groups excluding carboxylic acids is 1. The number of nitrogens with two attached hydrogens (primary N) is 1. The smallest absolute Gasteiger partial charge is 0.227 e. The normalized spacial score (nSPS) is 22.2. The number of rotatable bonds is 5. The van der Waals surface area contributed by atoms with Gasteiger partial charge in [0.05, 0.1) is 5.92 Å². The van der Waals surface area contributed by atoms with Gasteiger partial charge in [0.15, 0.2) is 0 Å². The monoisotopic (exact) mass is 314 g/mol. The Bertz CT molecular complexity index is 525. The van der Waals surface area contributed by atoms with E-state index in [0.29, 0.717) is 6.04 Å². The number of nitrogens with one attached hydrogen (secondary N) is 1. The van der Waals surface area contributed by atoms with Gasteiger partial charge < -0.3 is 11.1 Å². The summed E-state index contributed by atoms with van der Waals surface area (Å²) in [5.41, 5.74) is 8.60. The molecule has 0 radical (unpaired) electrons. The van der Waals surface area contributed by atoms with Crippen LogP contribution in [0.2, 0.25) is 0 Å². The summed E-state index contributed by atoms with van der Waals surface area (Å²) >= 11 is 0. The van der Waals surface area contributed by atoms with Crippen LogP contribution in [0, 0.1) is 0 Å². The van der Waals surface area contributed by atoms with Gasteiger partial charge in [0, 0.05) is 11.6 Å². The Hall–Kier alpha value is -1.35. The van der Waals surface area contributed by atoms with E-state index in [1.54, 1.807) is 0 Å². The van der Waals surface area contributed by atoms with E-state index < -0.39 is 0 Å². The molecule has 3 N–H and O–H groups in total. The van der Waals surface area contributed by atoms with Crippen LogP contribution in [-0.4, -0.2) is 17.5 Å². The van der Waals surface area contributed by atoms with Crippen LogP contribution in [0.4, 0.5) is 0 Å². The van der Waals surface area contributed by atoms with Crippen molar-refractivity contribution in [3.8, 4) is 0 Å². The molecule has 3 rings (SSSR count). The van der Waals surface area contributed by atoms with Gasteiger partial charge in [-0.05, 0) is 50.2 Å². The van der Waals surface area contributed by atoms with Crippen LogP contribution in [0.25, 0.3) is 0 Å². The van der Waals surface area contributed by atoms with Gasteiger partial charge in [0.1, 0.15) is 0 Å². The van der Waals surface area contributed by atoms with E-state index in [4.69, 9.17) is 5.73 Å². The zero-order valence-corrected chi connectivity index (χ0v) is 14.3. The number of hydrogen-bond acceptors (Lipinski definition) is 2. The molecular formula is C20H30N2O. The average molecular weight is 314 g/mol. The minimum absolute atomic E-state index is 0.0456. The molecule has 2 aliphatic rings. The Morgan fingerprint density at radius 2 is 1.78 bits per heavy atom. The maximum Gasteiger partial charge on any atom is 0.227 e. The third-order valence-electron chi connectivity index (χ3n) is 5.52. The van der Waals surface area contributed by atoms with Crippen molar-refractivity contribution in [1.29, 1.82) is 0 Å². The average Bonchev–Trinajstić information content (AvgIpc) is 3.31. The molecule has 1 aromatic carbocycles. The maximum atomic E-state index is 12.5. The summed E-state index contributed by atoms with van der Waals surface area (Å²) in [6.45, 7) is 2.01. The van der Waals surface area contributed by atoms with Gasteiger partial charge in [-0.2, -0.15) is 0 Å². The van der Waals surface area contributed by atoms with Crippen molar-refractivity contribution in [2.75, 3.05) is 0 Å². The summed E-state index contributed by atoms with van der Waals surface area (Å²) in [5, 5.41) is 3.26. The molecule has 2 fully saturated rings. The molecular weight excluding hydrogens is 284 g/mol. The Kier molecular flexibility index (Phi) is 5.05. The first-order valence-electron chi connectivity index (χ1n) is 9.24. The van der Waals surface area contributed by atoms with E-state index in [1.165, 1.54) is 31.2 Å². The van der Waals surface area contributed by atoms with Crippen LogP contribution in [0.15, 0.2) is 24.3 Å². The highest BCUT2D eigenvalue weighted by atomic mass is 16.1. The molecule has 0 saturated heterocycles. The second kappa shape index (κ2) is 7.04. The lowest BCUT2D eigenvalue weighted by Crippen LogP contribution is -2.37. The van der Waals surface area contributed by atoms with E-state index in [1.807, 2.05) is 6.92 Å². The maximum absolute atomic E-state index is 12.5. The third kappa shape index (κ3) is 4.57. The van der Waals surface area contributed by atoms with Gasteiger partial charge in [-0.25, -0.2) is 0 Å². The van der Waals surface area contributed by atoms with E-state index in [0.717, 1.165) is 37.7 Å². The van der Waals surface area contributed by atoms with Gasteiger partial charge in [-0.15, -0.1) is 0 Å². The number of carbonyl (C=O) groups is 1. The third-order valence-corrected chi connectivity index (χ3v) is 5.52. The zero-order chi connectivity index (χ0) is 16.3. The summed E-state index contributed by atoms with van der Waals surface area (Å²) in [6.07, 6.45) is 10.6. The van der Waals surface area contributed by atoms with Crippen LogP contribution < -0.4 is 11.1 Å². The van der Waals surface area contributed by atoms with Crippen molar-refractivity contribution in [2.24, 2.45) is 5.73 Å². The Balaban J connectivity index is 1.55. The molecule has 3 heteroatoms. The molecule has 0 heterocycles. The van der Waals surface area contributed by atoms with Crippen LogP contribution in [0.3, 0.4) is 0 Å². The minimum atomic E-state index is -0.0833. The molecule has 0 aromatic heterocycles. The summed E-state index contributed by atoms with van der Waals surface area (Å²) in [6, 6.07) is 8.84. The second-order valence-corrected chi connectivity index (χ2v) is 7.70. The SMILES string of the molecule is CC(C(=O)NC1CCCCCC1)c1ccc(CC2(N)CC2)cc1. The van der Waals surface area contributed by atoms with Gasteiger partial charge in [-0.1, -0.05) is 49.9 Å². The molecule has 1 atom stereocenters. The first-order valence-corrected chi connectivity index (χ1v) is 9.24. The molecule has 1 aromatic rings. The number of benzene rings is 1. The van der Waals surface area contributed by atoms with Crippen molar-refractivity contribution in [3.63, 3.8) is 0 Å². The molecule has 0 aliphatic heterocycles. The second-order valence-electron chi connectivity index (χ2n) is 7.70. The predicted molar refractivity (Wildman–Crippen MR) is 94.3 cm³/mol. The van der Waals surface area contributed by atoms with Crippen molar-refractivity contribution in [2.45, 2.75) is 82.2 Å². The highest BCUT2D eigenvalue weighted by molar-refractivity contribution is 5.83. The fraction of sp³-hybridized carbons (Fsp3) is 0.650. The van der Waals surface area contributed by atoms with Gasteiger partial charge >= 0.3 is 0 Å². The molecule has 23 heavy (non-hydrogen) atoms. The fourth-order valence-electron chi connectivity index (χ4n) is 3.57. The topological polar surface area (TPSA) is 55.1 Å². The van der Waals surface area contributed by atoms with Crippen molar-refractivity contribution >= 4 is 5.91 Å². The lowest BCUT2D eigenvalue weighted by molar-refractivity contribution is -0.123. The standard InChI is InChI=1S/C20H30N2O/c1-15(19(23)22-18-6-4-2-3-5-7-18)17-10-8-16(9-11-17)14-20(21)12-13-20/h8-11,15,18H,2-7,12-14,21H2,1H3,(H,22,23). The van der Waals surface area contributed by atoms with Crippen LogP contribution in [-0.2, 0) is 11.2 Å². The lowest BCUT2D eigenvalue weighted by atomic mass is 9.96. The van der Waals surface area contributed by atoms with Crippen LogP contribution >= 0.6 is 0 Å². The highest BCUT2D eigenvalue weighted by Gasteiger charge is 2.37. The van der Waals surface area contributed by atoms with Gasteiger partial charge in [0.25, 0.3) is 0 Å². The Morgan fingerprint density at radius 1 is 1.17 bits per heavy atom. The summed E-state index contributed by atoms with van der Waals surface area (Å²) in [4.78, 5) is 12.5. The van der Waals surface area contributed by atoms with E-state index >= 15 is 0 Å². The van der Waals surface area contributed by atoms with E-state index in [9.17, 15) is 4.79 Å². The quantitative estimate of drug-likeness (QED) is 0.815. The fourth-order valence-corrected chi connectivity index (χ4v) is 3.57. The Labute approximate surface area is 140 Å². The lowest BCUT2D eigenvalue weighted by Gasteiger charge is -2.20. The summed E-state index contributed by atoms with van der Waals surface area (Å²) < 4.78 is 0. The van der Waals surface area contributed by atoms with Gasteiger partial charge in [0.2, 0.25) is 5.91 Å². The molecule has 1 amide bonds. The number of amides is 1. The highest BCUT2D eigenvalue weighted by Crippen LogP contribution is 2.35. The molecule has 126 valence electrons. The Morgan fingerprint density at radius 3 is 2.35 bits per heavy atom. The van der Waals surface area contributed by atoms with Gasteiger partial charge in [-0.3, -0.25) is 4.79 Å². The molecule has 3 nitrogen and oxygen atoms in total. The molecule has 1 unspecified atom stereocenters. The van der Waals surface area contributed by atoms with Crippen molar-refractivity contribution in [1.82, 2.24) is 5.32 Å².